The van der Waals surface area contributed by atoms with Crippen molar-refractivity contribution in [3.05, 3.63) is 28.5 Å². The first-order chi connectivity index (χ1) is 7.96. The standard InChI is InChI=1S/C13H17BrFNS/c1-13(2)6-10(7-17-8-13)16-12-4-3-9(14)5-11(12)15/h3-5,10,16H,6-8H2,1-2H3. The molecule has 1 aliphatic rings. The minimum absolute atomic E-state index is 0.187. The van der Waals surface area contributed by atoms with E-state index in [1.54, 1.807) is 6.07 Å². The fraction of sp³-hybridized carbons (Fsp3) is 0.538. The molecule has 1 aliphatic heterocycles. The predicted molar refractivity (Wildman–Crippen MR) is 77.2 cm³/mol. The van der Waals surface area contributed by atoms with Crippen molar-refractivity contribution in [3.8, 4) is 0 Å². The van der Waals surface area contributed by atoms with Gasteiger partial charge < -0.3 is 5.32 Å². The Bertz CT molecular complexity index is 408. The van der Waals surface area contributed by atoms with Gasteiger partial charge in [-0.1, -0.05) is 29.8 Å². The van der Waals surface area contributed by atoms with Gasteiger partial charge in [-0.3, -0.25) is 0 Å². The van der Waals surface area contributed by atoms with E-state index in [9.17, 15) is 4.39 Å². The quantitative estimate of drug-likeness (QED) is 0.860. The summed E-state index contributed by atoms with van der Waals surface area (Å²) in [4.78, 5) is 0. The van der Waals surface area contributed by atoms with Crippen molar-refractivity contribution in [2.45, 2.75) is 26.3 Å². The molecule has 1 N–H and O–H groups in total. The molecule has 94 valence electrons. The van der Waals surface area contributed by atoms with Crippen molar-refractivity contribution < 1.29 is 4.39 Å². The van der Waals surface area contributed by atoms with Gasteiger partial charge >= 0.3 is 0 Å². The van der Waals surface area contributed by atoms with E-state index < -0.39 is 0 Å². The van der Waals surface area contributed by atoms with Crippen LogP contribution in [0.5, 0.6) is 0 Å². The SMILES string of the molecule is CC1(C)CSCC(Nc2ccc(Br)cc2F)C1. The zero-order valence-electron chi connectivity index (χ0n) is 10.1. The second kappa shape index (κ2) is 5.19. The lowest BCUT2D eigenvalue weighted by Crippen LogP contribution is -2.35. The Morgan fingerprint density at radius 1 is 1.47 bits per heavy atom. The van der Waals surface area contributed by atoms with E-state index in [1.807, 2.05) is 17.8 Å². The Labute approximate surface area is 115 Å². The Morgan fingerprint density at radius 3 is 2.88 bits per heavy atom. The molecule has 1 aromatic rings. The second-order valence-electron chi connectivity index (χ2n) is 5.35. The molecule has 1 atom stereocenters. The van der Waals surface area contributed by atoms with Crippen LogP contribution in [0.25, 0.3) is 0 Å². The van der Waals surface area contributed by atoms with Crippen molar-refractivity contribution >= 4 is 33.4 Å². The molecule has 1 nitrogen and oxygen atoms in total. The topological polar surface area (TPSA) is 12.0 Å². The summed E-state index contributed by atoms with van der Waals surface area (Å²) in [7, 11) is 0. The summed E-state index contributed by atoms with van der Waals surface area (Å²) in [6.45, 7) is 4.54. The van der Waals surface area contributed by atoms with Gasteiger partial charge in [-0.05, 0) is 35.8 Å². The molecular weight excluding hydrogens is 301 g/mol. The summed E-state index contributed by atoms with van der Waals surface area (Å²) in [5.74, 6) is 2.06. The first-order valence-electron chi connectivity index (χ1n) is 5.76. The van der Waals surface area contributed by atoms with Gasteiger partial charge in [-0.15, -0.1) is 0 Å². The average Bonchev–Trinajstić information content (AvgIpc) is 2.21. The molecule has 1 unspecified atom stereocenters. The van der Waals surface area contributed by atoms with Gasteiger partial charge in [-0.2, -0.15) is 11.8 Å². The fourth-order valence-corrected chi connectivity index (χ4v) is 3.79. The summed E-state index contributed by atoms with van der Waals surface area (Å²) in [6.07, 6.45) is 1.09. The molecule has 1 heterocycles. The first kappa shape index (κ1) is 13.2. The summed E-state index contributed by atoms with van der Waals surface area (Å²) in [5.41, 5.74) is 0.948. The third kappa shape index (κ3) is 3.62. The zero-order chi connectivity index (χ0) is 12.5. The van der Waals surface area contributed by atoms with Gasteiger partial charge in [0.2, 0.25) is 0 Å². The van der Waals surface area contributed by atoms with Crippen LogP contribution < -0.4 is 5.32 Å². The summed E-state index contributed by atoms with van der Waals surface area (Å²) in [6, 6.07) is 5.53. The van der Waals surface area contributed by atoms with E-state index in [4.69, 9.17) is 0 Å². The number of rotatable bonds is 2. The molecule has 4 heteroatoms. The molecule has 1 saturated heterocycles. The molecule has 1 fully saturated rings. The molecule has 0 amide bonds. The van der Waals surface area contributed by atoms with Gasteiger partial charge in [0, 0.05) is 16.3 Å². The summed E-state index contributed by atoms with van der Waals surface area (Å²) >= 11 is 5.21. The lowest BCUT2D eigenvalue weighted by Gasteiger charge is -2.35. The lowest BCUT2D eigenvalue weighted by molar-refractivity contribution is 0.357. The molecule has 0 aliphatic carbocycles. The minimum atomic E-state index is -0.187. The van der Waals surface area contributed by atoms with E-state index in [0.29, 0.717) is 17.1 Å². The highest BCUT2D eigenvalue weighted by Gasteiger charge is 2.28. The second-order valence-corrected chi connectivity index (χ2v) is 7.29. The van der Waals surface area contributed by atoms with Gasteiger partial charge in [0.15, 0.2) is 0 Å². The van der Waals surface area contributed by atoms with E-state index >= 15 is 0 Å². The van der Waals surface area contributed by atoms with Crippen LogP contribution in [0, 0.1) is 11.2 Å². The van der Waals surface area contributed by atoms with E-state index in [0.717, 1.165) is 16.6 Å². The Kier molecular flexibility index (Phi) is 4.03. The van der Waals surface area contributed by atoms with Crippen LogP contribution in [-0.2, 0) is 0 Å². The highest BCUT2D eigenvalue weighted by Crippen LogP contribution is 2.35. The largest absolute Gasteiger partial charge is 0.379 e. The fourth-order valence-electron chi connectivity index (χ4n) is 2.18. The summed E-state index contributed by atoms with van der Waals surface area (Å²) in [5, 5.41) is 3.32. The summed E-state index contributed by atoms with van der Waals surface area (Å²) < 4.78 is 14.5. The third-order valence-electron chi connectivity index (χ3n) is 2.90. The zero-order valence-corrected chi connectivity index (χ0v) is 12.5. The maximum Gasteiger partial charge on any atom is 0.147 e. The number of hydrogen-bond donors (Lipinski definition) is 1. The first-order valence-corrected chi connectivity index (χ1v) is 7.70. The molecule has 0 spiro atoms. The maximum absolute atomic E-state index is 13.7. The highest BCUT2D eigenvalue weighted by molar-refractivity contribution is 9.10. The van der Waals surface area contributed by atoms with E-state index in [-0.39, 0.29) is 5.82 Å². The maximum atomic E-state index is 13.7. The molecule has 0 radical (unpaired) electrons. The van der Waals surface area contributed by atoms with E-state index in [1.165, 1.54) is 11.8 Å². The average molecular weight is 318 g/mol. The normalized spacial score (nSPS) is 23.4. The van der Waals surface area contributed by atoms with Crippen molar-refractivity contribution in [1.82, 2.24) is 0 Å². The van der Waals surface area contributed by atoms with Gasteiger partial charge in [0.05, 0.1) is 5.69 Å². The van der Waals surface area contributed by atoms with Gasteiger partial charge in [-0.25, -0.2) is 4.39 Å². The smallest absolute Gasteiger partial charge is 0.147 e. The lowest BCUT2D eigenvalue weighted by atomic mass is 9.88. The Balaban J connectivity index is 2.05. The van der Waals surface area contributed by atoms with Crippen LogP contribution in [0.15, 0.2) is 22.7 Å². The number of benzene rings is 1. The predicted octanol–water partition coefficient (Wildman–Crippen LogP) is 4.53. The monoisotopic (exact) mass is 317 g/mol. The van der Waals surface area contributed by atoms with Crippen LogP contribution >= 0.6 is 27.7 Å². The molecule has 0 bridgehead atoms. The third-order valence-corrected chi connectivity index (χ3v) is 5.02. The van der Waals surface area contributed by atoms with Gasteiger partial charge in [0.25, 0.3) is 0 Å². The van der Waals surface area contributed by atoms with Crippen molar-refractivity contribution in [2.75, 3.05) is 16.8 Å². The number of hydrogen-bond acceptors (Lipinski definition) is 2. The number of anilines is 1. The van der Waals surface area contributed by atoms with Crippen LogP contribution in [-0.4, -0.2) is 17.5 Å². The van der Waals surface area contributed by atoms with Crippen molar-refractivity contribution in [3.63, 3.8) is 0 Å². The highest BCUT2D eigenvalue weighted by atomic mass is 79.9. The van der Waals surface area contributed by atoms with Crippen LogP contribution in [0.1, 0.15) is 20.3 Å². The number of thioether (sulfide) groups is 1. The van der Waals surface area contributed by atoms with Crippen molar-refractivity contribution in [2.24, 2.45) is 5.41 Å². The van der Waals surface area contributed by atoms with Crippen LogP contribution in [0.3, 0.4) is 0 Å². The number of nitrogens with one attached hydrogen (secondary N) is 1. The Hall–Kier alpha value is -0.220. The van der Waals surface area contributed by atoms with Crippen LogP contribution in [0.4, 0.5) is 10.1 Å². The molecule has 1 aromatic carbocycles. The Morgan fingerprint density at radius 2 is 2.24 bits per heavy atom. The molecule has 17 heavy (non-hydrogen) atoms. The van der Waals surface area contributed by atoms with Crippen LogP contribution in [0.2, 0.25) is 0 Å². The minimum Gasteiger partial charge on any atom is -0.379 e. The van der Waals surface area contributed by atoms with E-state index in [2.05, 4.69) is 35.1 Å². The molecule has 0 saturated carbocycles. The molecular formula is C13H17BrFNS. The molecule has 2 rings (SSSR count). The molecule has 0 aromatic heterocycles. The van der Waals surface area contributed by atoms with Gasteiger partial charge in [0.1, 0.15) is 5.82 Å². The van der Waals surface area contributed by atoms with Crippen molar-refractivity contribution in [1.29, 1.82) is 0 Å². The number of halogens is 2.